The fourth-order valence-electron chi connectivity index (χ4n) is 1.89. The fourth-order valence-corrected chi connectivity index (χ4v) is 3.49. The molecule has 1 saturated heterocycles. The van der Waals surface area contributed by atoms with Crippen LogP contribution < -0.4 is 9.46 Å². The summed E-state index contributed by atoms with van der Waals surface area (Å²) < 4.78 is 32.0. The molecular formula is C12H16N2O4S. The first kappa shape index (κ1) is 13.8. The lowest BCUT2D eigenvalue weighted by molar-refractivity contribution is -0.125. The molecule has 0 radical (unpaired) electrons. The zero-order valence-electron chi connectivity index (χ0n) is 11.0. The van der Waals surface area contributed by atoms with Gasteiger partial charge in [-0.3, -0.25) is 4.79 Å². The Morgan fingerprint density at radius 1 is 1.26 bits per heavy atom. The predicted octanol–water partition coefficient (Wildman–Crippen LogP) is 0.650. The van der Waals surface area contributed by atoms with Crippen LogP contribution in [0, 0.1) is 0 Å². The second kappa shape index (κ2) is 4.50. The summed E-state index contributed by atoms with van der Waals surface area (Å²) in [5, 5.41) is 0. The highest BCUT2D eigenvalue weighted by Crippen LogP contribution is 2.27. The smallest absolute Gasteiger partial charge is 0.305 e. The predicted molar refractivity (Wildman–Crippen MR) is 69.7 cm³/mol. The maximum atomic E-state index is 11.9. The SMILES string of the molecule is COc1ccc(CN2C(C)(C)C(=O)NS2(=O)=O)cc1. The molecule has 1 heterocycles. The second-order valence-electron chi connectivity index (χ2n) is 4.85. The Bertz CT molecular complexity index is 593. The topological polar surface area (TPSA) is 75.7 Å². The number of benzene rings is 1. The van der Waals surface area contributed by atoms with Crippen molar-refractivity contribution >= 4 is 16.1 Å². The number of hydrogen-bond donors (Lipinski definition) is 1. The summed E-state index contributed by atoms with van der Waals surface area (Å²) in [6, 6.07) is 7.04. The van der Waals surface area contributed by atoms with E-state index in [1.54, 1.807) is 45.2 Å². The maximum absolute atomic E-state index is 11.9. The maximum Gasteiger partial charge on any atom is 0.305 e. The van der Waals surface area contributed by atoms with Crippen molar-refractivity contribution < 1.29 is 17.9 Å². The largest absolute Gasteiger partial charge is 0.497 e. The van der Waals surface area contributed by atoms with Crippen LogP contribution in [0.15, 0.2) is 24.3 Å². The van der Waals surface area contributed by atoms with Crippen LogP contribution in [-0.2, 0) is 21.5 Å². The molecule has 0 unspecified atom stereocenters. The Hall–Kier alpha value is -1.60. The van der Waals surface area contributed by atoms with Crippen molar-refractivity contribution in [1.82, 2.24) is 9.03 Å². The van der Waals surface area contributed by atoms with Gasteiger partial charge in [0.05, 0.1) is 7.11 Å². The number of carbonyl (C=O) groups excluding carboxylic acids is 1. The molecule has 1 amide bonds. The van der Waals surface area contributed by atoms with Crippen LogP contribution in [0.1, 0.15) is 19.4 Å². The van der Waals surface area contributed by atoms with Gasteiger partial charge in [-0.2, -0.15) is 12.7 Å². The third kappa shape index (κ3) is 2.43. The third-order valence-corrected chi connectivity index (χ3v) is 4.79. The quantitative estimate of drug-likeness (QED) is 0.884. The summed E-state index contributed by atoms with van der Waals surface area (Å²) in [5.74, 6) is 0.183. The van der Waals surface area contributed by atoms with E-state index in [2.05, 4.69) is 0 Å². The normalized spacial score (nSPS) is 21.1. The minimum Gasteiger partial charge on any atom is -0.497 e. The van der Waals surface area contributed by atoms with Gasteiger partial charge in [-0.1, -0.05) is 12.1 Å². The van der Waals surface area contributed by atoms with Crippen molar-refractivity contribution in [2.24, 2.45) is 0 Å². The summed E-state index contributed by atoms with van der Waals surface area (Å²) in [7, 11) is -2.19. The Morgan fingerprint density at radius 3 is 2.26 bits per heavy atom. The van der Waals surface area contributed by atoms with Gasteiger partial charge < -0.3 is 4.74 Å². The molecule has 1 aromatic rings. The fraction of sp³-hybridized carbons (Fsp3) is 0.417. The third-order valence-electron chi connectivity index (χ3n) is 3.18. The van der Waals surface area contributed by atoms with Gasteiger partial charge in [-0.25, -0.2) is 4.72 Å². The minimum atomic E-state index is -3.76. The Morgan fingerprint density at radius 2 is 1.84 bits per heavy atom. The molecular weight excluding hydrogens is 268 g/mol. The van der Waals surface area contributed by atoms with E-state index in [0.717, 1.165) is 9.87 Å². The van der Waals surface area contributed by atoms with E-state index in [1.165, 1.54) is 0 Å². The molecule has 19 heavy (non-hydrogen) atoms. The van der Waals surface area contributed by atoms with E-state index in [-0.39, 0.29) is 6.54 Å². The highest BCUT2D eigenvalue weighted by molar-refractivity contribution is 7.88. The second-order valence-corrected chi connectivity index (χ2v) is 6.44. The van der Waals surface area contributed by atoms with E-state index in [1.807, 2.05) is 4.72 Å². The van der Waals surface area contributed by atoms with E-state index >= 15 is 0 Å². The lowest BCUT2D eigenvalue weighted by Gasteiger charge is -2.25. The number of nitrogens with zero attached hydrogens (tertiary/aromatic N) is 1. The van der Waals surface area contributed by atoms with Crippen LogP contribution in [0.25, 0.3) is 0 Å². The number of carbonyl (C=O) groups is 1. The van der Waals surface area contributed by atoms with Crippen LogP contribution in [-0.4, -0.2) is 31.3 Å². The molecule has 0 spiro atoms. The first-order chi connectivity index (χ1) is 8.77. The average molecular weight is 284 g/mol. The number of ether oxygens (including phenoxy) is 1. The van der Waals surface area contributed by atoms with E-state index in [4.69, 9.17) is 4.74 Å². The van der Waals surface area contributed by atoms with E-state index in [9.17, 15) is 13.2 Å². The zero-order valence-corrected chi connectivity index (χ0v) is 11.8. The summed E-state index contributed by atoms with van der Waals surface area (Å²) in [6.45, 7) is 3.30. The Labute approximate surface area is 112 Å². The lowest BCUT2D eigenvalue weighted by atomic mass is 10.0. The van der Waals surface area contributed by atoms with Crippen molar-refractivity contribution in [2.75, 3.05) is 7.11 Å². The van der Waals surface area contributed by atoms with Crippen LogP contribution in [0.4, 0.5) is 0 Å². The number of rotatable bonds is 3. The van der Waals surface area contributed by atoms with Crippen molar-refractivity contribution in [2.45, 2.75) is 25.9 Å². The molecule has 2 rings (SSSR count). The lowest BCUT2D eigenvalue weighted by Crippen LogP contribution is -2.43. The Balaban J connectivity index is 2.28. The molecule has 1 aliphatic rings. The van der Waals surface area contributed by atoms with Crippen LogP contribution in [0.3, 0.4) is 0 Å². The highest BCUT2D eigenvalue weighted by Gasteiger charge is 2.50. The summed E-state index contributed by atoms with van der Waals surface area (Å²) >= 11 is 0. The average Bonchev–Trinajstić information content (AvgIpc) is 2.49. The zero-order chi connectivity index (χ0) is 14.3. The Kier molecular flexibility index (Phi) is 3.27. The monoisotopic (exact) mass is 284 g/mol. The number of nitrogens with one attached hydrogen (secondary N) is 1. The number of hydrogen-bond acceptors (Lipinski definition) is 4. The van der Waals surface area contributed by atoms with Crippen LogP contribution in [0.5, 0.6) is 5.75 Å². The van der Waals surface area contributed by atoms with Crippen molar-refractivity contribution in [1.29, 1.82) is 0 Å². The van der Waals surface area contributed by atoms with Gasteiger partial charge in [0.2, 0.25) is 0 Å². The van der Waals surface area contributed by atoms with E-state index in [0.29, 0.717) is 5.75 Å². The van der Waals surface area contributed by atoms with Gasteiger partial charge in [0.1, 0.15) is 11.3 Å². The molecule has 0 aliphatic carbocycles. The van der Waals surface area contributed by atoms with Gasteiger partial charge in [0.25, 0.3) is 5.91 Å². The van der Waals surface area contributed by atoms with Crippen molar-refractivity contribution in [3.8, 4) is 5.75 Å². The molecule has 7 heteroatoms. The molecule has 1 fully saturated rings. The van der Waals surface area contributed by atoms with Crippen LogP contribution >= 0.6 is 0 Å². The minimum absolute atomic E-state index is 0.137. The molecule has 0 saturated carbocycles. The van der Waals surface area contributed by atoms with Crippen molar-refractivity contribution in [3.05, 3.63) is 29.8 Å². The summed E-state index contributed by atoms with van der Waals surface area (Å²) in [6.07, 6.45) is 0. The molecule has 0 atom stereocenters. The van der Waals surface area contributed by atoms with Gasteiger partial charge >= 0.3 is 10.2 Å². The van der Waals surface area contributed by atoms with Gasteiger partial charge in [0.15, 0.2) is 0 Å². The standard InChI is InChI=1S/C12H16N2O4S/c1-12(2)11(15)13-19(16,17)14(12)8-9-4-6-10(18-3)7-5-9/h4-7H,8H2,1-3H3,(H,13,15). The summed E-state index contributed by atoms with van der Waals surface area (Å²) in [5.41, 5.74) is -0.298. The molecule has 104 valence electrons. The molecule has 1 N–H and O–H groups in total. The van der Waals surface area contributed by atoms with E-state index < -0.39 is 21.7 Å². The first-order valence-corrected chi connectivity index (χ1v) is 7.19. The highest BCUT2D eigenvalue weighted by atomic mass is 32.2. The molecule has 1 aromatic carbocycles. The van der Waals surface area contributed by atoms with Gasteiger partial charge in [-0.15, -0.1) is 0 Å². The van der Waals surface area contributed by atoms with Gasteiger partial charge in [0, 0.05) is 6.54 Å². The van der Waals surface area contributed by atoms with Gasteiger partial charge in [-0.05, 0) is 31.5 Å². The molecule has 0 aromatic heterocycles. The number of methoxy groups -OCH3 is 1. The van der Waals surface area contributed by atoms with Crippen molar-refractivity contribution in [3.63, 3.8) is 0 Å². The molecule has 6 nitrogen and oxygen atoms in total. The number of amides is 1. The first-order valence-electron chi connectivity index (χ1n) is 5.75. The summed E-state index contributed by atoms with van der Waals surface area (Å²) in [4.78, 5) is 11.7. The van der Waals surface area contributed by atoms with Crippen LogP contribution in [0.2, 0.25) is 0 Å². The molecule has 1 aliphatic heterocycles. The molecule has 0 bridgehead atoms.